The minimum absolute atomic E-state index is 0.544. The number of hydrogen-bond acceptors (Lipinski definition) is 2. The predicted molar refractivity (Wildman–Crippen MR) is 65.6 cm³/mol. The minimum Gasteiger partial charge on any atom is -0.366 e. The average Bonchev–Trinajstić information content (AvgIpc) is 2.87. The van der Waals surface area contributed by atoms with E-state index < -0.39 is 0 Å². The van der Waals surface area contributed by atoms with Crippen molar-refractivity contribution in [1.82, 2.24) is 0 Å². The molecule has 0 aliphatic carbocycles. The Kier molecular flexibility index (Phi) is 2.03. The van der Waals surface area contributed by atoms with E-state index in [2.05, 4.69) is 53.7 Å². The smallest absolute Gasteiger partial charge is 0.0673 e. The highest BCUT2D eigenvalue weighted by Gasteiger charge is 2.27. The van der Waals surface area contributed by atoms with Crippen LogP contribution in [-0.2, 0) is 6.42 Å². The van der Waals surface area contributed by atoms with Crippen LogP contribution in [0.25, 0.3) is 0 Å². The van der Waals surface area contributed by atoms with Crippen LogP contribution in [0.3, 0.4) is 0 Å². The molecular weight excluding hydrogens is 202 g/mol. The molecule has 0 fully saturated rings. The lowest BCUT2D eigenvalue weighted by Gasteiger charge is -2.21. The molecule has 76 valence electrons. The van der Waals surface area contributed by atoms with E-state index >= 15 is 0 Å². The van der Waals surface area contributed by atoms with E-state index in [9.17, 15) is 0 Å². The van der Waals surface area contributed by atoms with Gasteiger partial charge in [-0.15, -0.1) is 11.3 Å². The second-order valence-corrected chi connectivity index (χ2v) is 4.95. The molecule has 1 unspecified atom stereocenters. The summed E-state index contributed by atoms with van der Waals surface area (Å²) in [6.45, 7) is 0. The molecule has 0 saturated carbocycles. The van der Waals surface area contributed by atoms with Gasteiger partial charge < -0.3 is 4.90 Å². The summed E-state index contributed by atoms with van der Waals surface area (Å²) in [6, 6.07) is 13.6. The Morgan fingerprint density at radius 1 is 1.20 bits per heavy atom. The molecule has 0 spiro atoms. The summed E-state index contributed by atoms with van der Waals surface area (Å²) in [4.78, 5) is 3.86. The Balaban J connectivity index is 2.00. The lowest BCUT2D eigenvalue weighted by atomic mass is 10.1. The van der Waals surface area contributed by atoms with E-state index in [-0.39, 0.29) is 0 Å². The molecule has 0 bridgehead atoms. The molecule has 1 aliphatic heterocycles. The van der Waals surface area contributed by atoms with E-state index in [4.69, 9.17) is 0 Å². The van der Waals surface area contributed by atoms with E-state index in [1.807, 2.05) is 11.3 Å². The maximum Gasteiger partial charge on any atom is 0.0673 e. The number of nitrogens with zero attached hydrogens (tertiary/aromatic N) is 1. The lowest BCUT2D eigenvalue weighted by molar-refractivity contribution is 0.730. The van der Waals surface area contributed by atoms with Gasteiger partial charge >= 0.3 is 0 Å². The number of hydrogen-bond donors (Lipinski definition) is 0. The molecule has 2 heterocycles. The van der Waals surface area contributed by atoms with Crippen LogP contribution in [0.2, 0.25) is 0 Å². The quantitative estimate of drug-likeness (QED) is 0.704. The van der Waals surface area contributed by atoms with Crippen LogP contribution in [0, 0.1) is 0 Å². The first-order valence-electron chi connectivity index (χ1n) is 5.20. The van der Waals surface area contributed by atoms with Crippen molar-refractivity contribution in [3.63, 3.8) is 0 Å². The average molecular weight is 215 g/mol. The van der Waals surface area contributed by atoms with Crippen molar-refractivity contribution in [3.8, 4) is 0 Å². The fraction of sp³-hybridized carbons (Fsp3) is 0.231. The first-order valence-corrected chi connectivity index (χ1v) is 6.08. The van der Waals surface area contributed by atoms with Gasteiger partial charge in [0.25, 0.3) is 0 Å². The highest BCUT2D eigenvalue weighted by atomic mass is 32.1. The van der Waals surface area contributed by atoms with Gasteiger partial charge in [-0.2, -0.15) is 0 Å². The van der Waals surface area contributed by atoms with Gasteiger partial charge in [0.1, 0.15) is 0 Å². The minimum atomic E-state index is 0.544. The van der Waals surface area contributed by atoms with Crippen LogP contribution in [0.1, 0.15) is 16.5 Å². The van der Waals surface area contributed by atoms with Crippen LogP contribution in [0.4, 0.5) is 5.69 Å². The largest absolute Gasteiger partial charge is 0.366 e. The third-order valence-corrected chi connectivity index (χ3v) is 4.10. The number of benzene rings is 1. The van der Waals surface area contributed by atoms with Crippen molar-refractivity contribution < 1.29 is 0 Å². The Bertz CT molecular complexity index is 461. The molecule has 15 heavy (non-hydrogen) atoms. The topological polar surface area (TPSA) is 3.24 Å². The van der Waals surface area contributed by atoms with E-state index in [1.165, 1.54) is 16.1 Å². The number of fused-ring (bicyclic) bond motifs is 1. The van der Waals surface area contributed by atoms with Crippen molar-refractivity contribution in [2.75, 3.05) is 11.9 Å². The van der Waals surface area contributed by atoms with Crippen molar-refractivity contribution in [2.24, 2.45) is 0 Å². The molecule has 0 saturated heterocycles. The SMILES string of the molecule is CN1c2ccccc2CC1c1cccs1. The second kappa shape index (κ2) is 3.38. The van der Waals surface area contributed by atoms with Crippen molar-refractivity contribution in [1.29, 1.82) is 0 Å². The Morgan fingerprint density at radius 3 is 2.80 bits per heavy atom. The van der Waals surface area contributed by atoms with Gasteiger partial charge in [-0.3, -0.25) is 0 Å². The molecule has 0 N–H and O–H groups in total. The van der Waals surface area contributed by atoms with E-state index in [0.29, 0.717) is 6.04 Å². The molecule has 0 radical (unpaired) electrons. The maximum atomic E-state index is 2.39. The summed E-state index contributed by atoms with van der Waals surface area (Å²) in [5.41, 5.74) is 2.86. The first kappa shape index (κ1) is 8.98. The molecule has 1 atom stereocenters. The standard InChI is InChI=1S/C13H13NS/c1-14-11-6-3-2-5-10(11)9-12(14)13-7-4-8-15-13/h2-8,12H,9H2,1H3. The third-order valence-electron chi connectivity index (χ3n) is 3.12. The van der Waals surface area contributed by atoms with E-state index in [0.717, 1.165) is 6.42 Å². The van der Waals surface area contributed by atoms with Gasteiger partial charge in [0.2, 0.25) is 0 Å². The molecule has 2 heteroatoms. The molecule has 3 rings (SSSR count). The fourth-order valence-corrected chi connectivity index (χ4v) is 3.18. The molecule has 0 amide bonds. The number of anilines is 1. The van der Waals surface area contributed by atoms with E-state index in [1.54, 1.807) is 0 Å². The zero-order valence-electron chi connectivity index (χ0n) is 8.68. The predicted octanol–water partition coefficient (Wildman–Crippen LogP) is 3.48. The van der Waals surface area contributed by atoms with Crippen molar-refractivity contribution in [2.45, 2.75) is 12.5 Å². The maximum absolute atomic E-state index is 2.39. The number of rotatable bonds is 1. The van der Waals surface area contributed by atoms with Gasteiger partial charge in [-0.1, -0.05) is 24.3 Å². The van der Waals surface area contributed by atoms with Crippen LogP contribution in [-0.4, -0.2) is 7.05 Å². The highest BCUT2D eigenvalue weighted by Crippen LogP contribution is 2.40. The van der Waals surface area contributed by atoms with Gasteiger partial charge in [0, 0.05) is 17.6 Å². The second-order valence-electron chi connectivity index (χ2n) is 3.97. The molecule has 2 aromatic rings. The first-order chi connectivity index (χ1) is 7.36. The normalized spacial score (nSPS) is 19.3. The molecule has 1 nitrogen and oxygen atoms in total. The van der Waals surface area contributed by atoms with Crippen LogP contribution >= 0.6 is 11.3 Å². The van der Waals surface area contributed by atoms with Crippen LogP contribution < -0.4 is 4.90 Å². The summed E-state index contributed by atoms with van der Waals surface area (Å²) in [5, 5.41) is 2.16. The van der Waals surface area contributed by atoms with Crippen molar-refractivity contribution >= 4 is 17.0 Å². The zero-order valence-corrected chi connectivity index (χ0v) is 9.50. The van der Waals surface area contributed by atoms with Crippen LogP contribution in [0.15, 0.2) is 41.8 Å². The van der Waals surface area contributed by atoms with Crippen LogP contribution in [0.5, 0.6) is 0 Å². The van der Waals surface area contributed by atoms with Gasteiger partial charge in [-0.25, -0.2) is 0 Å². The fourth-order valence-electron chi connectivity index (χ4n) is 2.31. The molecular formula is C13H13NS. The number of para-hydroxylation sites is 1. The third kappa shape index (κ3) is 1.37. The Labute approximate surface area is 94.0 Å². The van der Waals surface area contributed by atoms with Gasteiger partial charge in [0.15, 0.2) is 0 Å². The summed E-state index contributed by atoms with van der Waals surface area (Å²) in [7, 11) is 2.19. The molecule has 1 aliphatic rings. The summed E-state index contributed by atoms with van der Waals surface area (Å²) >= 11 is 1.85. The summed E-state index contributed by atoms with van der Waals surface area (Å²) < 4.78 is 0. The number of likely N-dealkylation sites (N-methyl/N-ethyl adjacent to an activating group) is 1. The Hall–Kier alpha value is -1.28. The lowest BCUT2D eigenvalue weighted by Crippen LogP contribution is -2.18. The summed E-state index contributed by atoms with van der Waals surface area (Å²) in [5.74, 6) is 0. The Morgan fingerprint density at radius 2 is 2.07 bits per heavy atom. The molecule has 1 aromatic carbocycles. The summed E-state index contributed by atoms with van der Waals surface area (Å²) in [6.07, 6.45) is 1.15. The van der Waals surface area contributed by atoms with Crippen molar-refractivity contribution in [3.05, 3.63) is 52.2 Å². The highest BCUT2D eigenvalue weighted by molar-refractivity contribution is 7.10. The molecule has 1 aromatic heterocycles. The number of thiophene rings is 1. The van der Waals surface area contributed by atoms with Gasteiger partial charge in [-0.05, 0) is 29.5 Å². The van der Waals surface area contributed by atoms with Gasteiger partial charge in [0.05, 0.1) is 6.04 Å². The zero-order chi connectivity index (χ0) is 10.3. The monoisotopic (exact) mass is 215 g/mol.